The number of hydrogen-bond acceptors (Lipinski definition) is 2. The average molecular weight is 257 g/mol. The van der Waals surface area contributed by atoms with Gasteiger partial charge in [-0.2, -0.15) is 5.10 Å². The van der Waals surface area contributed by atoms with Crippen LogP contribution in [0, 0.1) is 5.82 Å². The highest BCUT2D eigenvalue weighted by Gasteiger charge is 2.08. The van der Waals surface area contributed by atoms with Gasteiger partial charge < -0.3 is 0 Å². The summed E-state index contributed by atoms with van der Waals surface area (Å²) in [7, 11) is 0.0415. The molecule has 2 heterocycles. The van der Waals surface area contributed by atoms with Crippen molar-refractivity contribution < 1.29 is 5.76 Å². The zero-order valence-electron chi connectivity index (χ0n) is 8.11. The number of aromatic nitrogens is 3. The molecule has 0 aliphatic heterocycles. The van der Waals surface area contributed by atoms with Crippen LogP contribution in [-0.2, 0) is 7.02 Å². The van der Waals surface area contributed by atoms with Crippen molar-refractivity contribution in [2.75, 3.05) is 0 Å². The topological polar surface area (TPSA) is 30.7 Å². The second kappa shape index (κ2) is 3.49. The zero-order valence-corrected chi connectivity index (χ0v) is 8.70. The Labute approximate surface area is 90.1 Å². The van der Waals surface area contributed by atoms with Crippen LogP contribution in [-0.4, -0.2) is 14.8 Å². The van der Waals surface area contributed by atoms with E-state index in [4.69, 9.17) is 1.37 Å². The van der Waals surface area contributed by atoms with Crippen molar-refractivity contribution in [1.29, 1.82) is 0 Å². The summed E-state index contributed by atoms with van der Waals surface area (Å²) in [5.41, 5.74) is 1.19. The van der Waals surface area contributed by atoms with E-state index < -0.39 is 0 Å². The third-order valence-corrected chi connectivity index (χ3v) is 2.27. The number of halogens is 2. The second-order valence-corrected chi connectivity index (χ2v) is 3.58. The van der Waals surface area contributed by atoms with Gasteiger partial charge >= 0.3 is 0 Å². The van der Waals surface area contributed by atoms with E-state index in [1.54, 1.807) is 12.3 Å². The van der Waals surface area contributed by atoms with Crippen molar-refractivity contribution in [1.82, 2.24) is 14.8 Å². The lowest BCUT2D eigenvalue weighted by Crippen LogP contribution is -1.89. The van der Waals surface area contributed by atoms with Gasteiger partial charge in [-0.1, -0.05) is 0 Å². The van der Waals surface area contributed by atoms with Crippen molar-refractivity contribution in [3.8, 4) is 11.4 Å². The molecule has 72 valence electrons. The fourth-order valence-corrected chi connectivity index (χ4v) is 1.61. The minimum atomic E-state index is -0.380. The molecule has 3 nitrogen and oxygen atoms in total. The molecule has 0 atom stereocenters. The normalized spacial score (nSPS) is 11.4. The Kier molecular flexibility index (Phi) is 2.02. The highest BCUT2D eigenvalue weighted by Crippen LogP contribution is 2.24. The fraction of sp³-hybridized carbons (Fsp3) is 0.111. The first-order valence-electron chi connectivity index (χ1n) is 4.55. The van der Waals surface area contributed by atoms with Gasteiger partial charge in [0.1, 0.15) is 11.5 Å². The summed E-state index contributed by atoms with van der Waals surface area (Å²) in [5.74, 6) is -0.380. The highest BCUT2D eigenvalue weighted by molar-refractivity contribution is 9.10. The van der Waals surface area contributed by atoms with E-state index in [-0.39, 0.29) is 12.8 Å². The number of hydrogen-bond donors (Lipinski definition) is 0. The molecule has 0 unspecified atom stereocenters. The number of aryl methyl sites for hydroxylation is 1. The molecule has 5 heteroatoms. The maximum Gasteiger partial charge on any atom is 0.141 e. The summed E-state index contributed by atoms with van der Waals surface area (Å²) in [6.07, 6.45) is 2.83. The zero-order chi connectivity index (χ0) is 10.8. The van der Waals surface area contributed by atoms with E-state index in [1.807, 2.05) is 0 Å². The standard InChI is InChI=1S/C9H7BrFN3/c1-14-5-7(10)9(13-14)8-3-2-6(11)4-12-8/h2-5H,1H3/i1D. The average Bonchev–Trinajstić information content (AvgIpc) is 2.61. The minimum Gasteiger partial charge on any atom is -0.274 e. The molecule has 0 spiro atoms. The maximum atomic E-state index is 12.6. The van der Waals surface area contributed by atoms with Crippen molar-refractivity contribution in [3.63, 3.8) is 0 Å². The highest BCUT2D eigenvalue weighted by atomic mass is 79.9. The van der Waals surface area contributed by atoms with E-state index in [9.17, 15) is 4.39 Å². The summed E-state index contributed by atoms with van der Waals surface area (Å²) in [4.78, 5) is 3.91. The fourth-order valence-electron chi connectivity index (χ4n) is 1.09. The second-order valence-electron chi connectivity index (χ2n) is 2.73. The van der Waals surface area contributed by atoms with Gasteiger partial charge in [0, 0.05) is 14.6 Å². The Morgan fingerprint density at radius 2 is 2.43 bits per heavy atom. The van der Waals surface area contributed by atoms with Crippen LogP contribution < -0.4 is 0 Å². The molecule has 0 saturated carbocycles. The summed E-state index contributed by atoms with van der Waals surface area (Å²) in [5, 5.41) is 4.13. The molecule has 0 N–H and O–H groups in total. The van der Waals surface area contributed by atoms with Crippen LogP contribution in [0.5, 0.6) is 0 Å². The van der Waals surface area contributed by atoms with Crippen LogP contribution in [0.4, 0.5) is 4.39 Å². The molecule has 2 aromatic heterocycles. The quantitative estimate of drug-likeness (QED) is 0.785. The van der Waals surface area contributed by atoms with Crippen LogP contribution in [0.25, 0.3) is 11.4 Å². The van der Waals surface area contributed by atoms with Crippen LogP contribution in [0.2, 0.25) is 0 Å². The predicted octanol–water partition coefficient (Wildman–Crippen LogP) is 2.38. The maximum absolute atomic E-state index is 12.6. The first kappa shape index (κ1) is 8.11. The molecular formula is C9H7BrFN3. The molecule has 2 rings (SSSR count). The Hall–Kier alpha value is -1.23. The van der Waals surface area contributed by atoms with Crippen molar-refractivity contribution in [3.05, 3.63) is 34.8 Å². The molecule has 0 aliphatic carbocycles. The van der Waals surface area contributed by atoms with E-state index in [0.29, 0.717) is 11.4 Å². The van der Waals surface area contributed by atoms with E-state index in [0.717, 1.165) is 10.7 Å². The minimum absolute atomic E-state index is 0.0415. The third kappa shape index (κ3) is 1.68. The van der Waals surface area contributed by atoms with Crippen LogP contribution >= 0.6 is 15.9 Å². The molecule has 0 radical (unpaired) electrons. The largest absolute Gasteiger partial charge is 0.274 e. The first-order chi connectivity index (χ1) is 7.20. The number of rotatable bonds is 1. The van der Waals surface area contributed by atoms with Gasteiger partial charge in [0.2, 0.25) is 0 Å². The molecule has 0 bridgehead atoms. The van der Waals surface area contributed by atoms with Gasteiger partial charge in [-0.25, -0.2) is 4.39 Å². The van der Waals surface area contributed by atoms with Gasteiger partial charge in [0.25, 0.3) is 0 Å². The van der Waals surface area contributed by atoms with Crippen LogP contribution in [0.3, 0.4) is 0 Å². The lowest BCUT2D eigenvalue weighted by atomic mass is 10.3. The van der Waals surface area contributed by atoms with Gasteiger partial charge in [-0.15, -0.1) is 0 Å². The van der Waals surface area contributed by atoms with E-state index >= 15 is 0 Å². The lowest BCUT2D eigenvalue weighted by Gasteiger charge is -1.95. The van der Waals surface area contributed by atoms with Crippen molar-refractivity contribution in [2.45, 2.75) is 0 Å². The molecule has 0 amide bonds. The molecule has 0 saturated heterocycles. The summed E-state index contributed by atoms with van der Waals surface area (Å²) in [6, 6.07) is 2.88. The predicted molar refractivity (Wildman–Crippen MR) is 54.1 cm³/mol. The molecule has 0 aromatic carbocycles. The summed E-state index contributed by atoms with van der Waals surface area (Å²) >= 11 is 3.31. The van der Waals surface area contributed by atoms with Crippen molar-refractivity contribution >= 4 is 15.9 Å². The molecule has 0 aliphatic rings. The van der Waals surface area contributed by atoms with Gasteiger partial charge in [0.05, 0.1) is 16.4 Å². The Morgan fingerprint density at radius 1 is 1.57 bits per heavy atom. The Bertz CT molecular complexity index is 469. The number of pyridine rings is 1. The Morgan fingerprint density at radius 3 is 3.00 bits per heavy atom. The lowest BCUT2D eigenvalue weighted by molar-refractivity contribution is 0.621. The molecule has 0 fully saturated rings. The summed E-state index contributed by atoms with van der Waals surface area (Å²) < 4.78 is 22.0. The third-order valence-electron chi connectivity index (χ3n) is 1.69. The van der Waals surface area contributed by atoms with E-state index in [2.05, 4.69) is 26.0 Å². The van der Waals surface area contributed by atoms with E-state index in [1.165, 1.54) is 10.7 Å². The smallest absolute Gasteiger partial charge is 0.141 e. The van der Waals surface area contributed by atoms with Crippen LogP contribution in [0.15, 0.2) is 29.0 Å². The van der Waals surface area contributed by atoms with Crippen molar-refractivity contribution in [2.24, 2.45) is 7.02 Å². The monoisotopic (exact) mass is 256 g/mol. The first-order valence-corrected chi connectivity index (χ1v) is 4.64. The molecule has 14 heavy (non-hydrogen) atoms. The van der Waals surface area contributed by atoms with Crippen LogP contribution in [0.1, 0.15) is 1.37 Å². The molecule has 2 aromatic rings. The Balaban J connectivity index is 2.44. The van der Waals surface area contributed by atoms with Gasteiger partial charge in [-0.05, 0) is 28.1 Å². The van der Waals surface area contributed by atoms with Gasteiger partial charge in [-0.3, -0.25) is 9.67 Å². The number of nitrogens with zero attached hydrogens (tertiary/aromatic N) is 3. The van der Waals surface area contributed by atoms with Gasteiger partial charge in [0.15, 0.2) is 0 Å². The molecular weight excluding hydrogens is 249 g/mol. The summed E-state index contributed by atoms with van der Waals surface area (Å²) in [6.45, 7) is 0. The SMILES string of the molecule is [2H]Cn1cc(Br)c(-c2ccc(F)cn2)n1.